The minimum absolute atomic E-state index is 0.209. The third kappa shape index (κ3) is 5.31. The van der Waals surface area contributed by atoms with Crippen molar-refractivity contribution in [2.45, 2.75) is 45.8 Å². The largest absolute Gasteiger partial charge is 0.490 e. The van der Waals surface area contributed by atoms with Crippen LogP contribution in [0, 0.1) is 0 Å². The van der Waals surface area contributed by atoms with Gasteiger partial charge in [0.15, 0.2) is 0 Å². The molecule has 0 unspecified atom stereocenters. The van der Waals surface area contributed by atoms with E-state index in [0.717, 1.165) is 24.5 Å². The summed E-state index contributed by atoms with van der Waals surface area (Å²) in [5.41, 5.74) is 1.75. The number of halogens is 3. The molecule has 1 aliphatic heterocycles. The molecule has 1 atom stereocenters. The highest BCUT2D eigenvalue weighted by Crippen LogP contribution is 2.13. The van der Waals surface area contributed by atoms with Crippen LogP contribution >= 0.6 is 0 Å². The van der Waals surface area contributed by atoms with Gasteiger partial charge in [-0.15, -0.1) is 5.10 Å². The van der Waals surface area contributed by atoms with E-state index < -0.39 is 12.1 Å². The van der Waals surface area contributed by atoms with Crippen LogP contribution in [0.25, 0.3) is 0 Å². The zero-order chi connectivity index (χ0) is 16.9. The third-order valence-electron chi connectivity index (χ3n) is 2.64. The zero-order valence-electron chi connectivity index (χ0n) is 11.8. The molecule has 0 spiro atoms. The lowest BCUT2D eigenvalue weighted by atomic mass is 10.2. The Hall–Kier alpha value is -2.17. The first kappa shape index (κ1) is 17.9. The lowest BCUT2D eigenvalue weighted by Crippen LogP contribution is -2.37. The molecule has 1 aromatic heterocycles. The van der Waals surface area contributed by atoms with Crippen LogP contribution in [0.15, 0.2) is 0 Å². The molecule has 0 aliphatic carbocycles. The quantitative estimate of drug-likeness (QED) is 0.761. The Morgan fingerprint density at radius 1 is 1.50 bits per heavy atom. The zero-order valence-corrected chi connectivity index (χ0v) is 11.8. The number of nitrogens with one attached hydrogen (secondary N) is 1. The number of carbonyl (C=O) groups excluding carboxylic acids is 1. The maximum Gasteiger partial charge on any atom is 0.490 e. The van der Waals surface area contributed by atoms with Crippen molar-refractivity contribution in [3.63, 3.8) is 0 Å². The Morgan fingerprint density at radius 3 is 2.59 bits per heavy atom. The average molecular weight is 324 g/mol. The molecule has 124 valence electrons. The predicted octanol–water partition coefficient (Wildman–Crippen LogP) is 0.466. The number of rotatable bonds is 2. The molecule has 0 amide bonds. The molecule has 8 nitrogen and oxygen atoms in total. The number of esters is 1. The Labute approximate surface area is 123 Å². The molecule has 2 N–H and O–H groups in total. The van der Waals surface area contributed by atoms with Crippen molar-refractivity contribution in [2.75, 3.05) is 0 Å². The fourth-order valence-corrected chi connectivity index (χ4v) is 1.59. The Kier molecular flexibility index (Phi) is 5.85. The summed E-state index contributed by atoms with van der Waals surface area (Å²) in [6, 6.07) is 0.403. The smallest absolute Gasteiger partial charge is 0.475 e. The maximum atomic E-state index is 10.7. The number of nitrogens with zero attached hydrogens (tertiary/aromatic N) is 3. The normalized spacial score (nSPS) is 17.0. The lowest BCUT2D eigenvalue weighted by molar-refractivity contribution is -0.192. The van der Waals surface area contributed by atoms with Gasteiger partial charge in [-0.05, 0) is 6.92 Å². The van der Waals surface area contributed by atoms with Crippen molar-refractivity contribution in [1.29, 1.82) is 0 Å². The van der Waals surface area contributed by atoms with Crippen molar-refractivity contribution >= 4 is 11.9 Å². The SMILES string of the molecule is CC(=O)OCc1nnn2c1CN[C@@H](C)C2.O=C(O)C(F)(F)F. The number of aliphatic carboxylic acids is 1. The number of aromatic nitrogens is 3. The maximum absolute atomic E-state index is 10.7. The Morgan fingerprint density at radius 2 is 2.09 bits per heavy atom. The van der Waals surface area contributed by atoms with E-state index in [1.54, 1.807) is 0 Å². The molecule has 2 heterocycles. The summed E-state index contributed by atoms with van der Waals surface area (Å²) >= 11 is 0. The van der Waals surface area contributed by atoms with E-state index in [-0.39, 0.29) is 12.6 Å². The van der Waals surface area contributed by atoms with Crippen molar-refractivity contribution < 1.29 is 32.6 Å². The molecule has 22 heavy (non-hydrogen) atoms. The molecule has 0 aromatic carbocycles. The first-order chi connectivity index (χ1) is 10.1. The van der Waals surface area contributed by atoms with Crippen LogP contribution in [0.2, 0.25) is 0 Å². The topological polar surface area (TPSA) is 106 Å². The second kappa shape index (κ2) is 7.20. The number of ether oxygens (including phenoxy) is 1. The molecular weight excluding hydrogens is 309 g/mol. The highest BCUT2D eigenvalue weighted by Gasteiger charge is 2.38. The van der Waals surface area contributed by atoms with Gasteiger partial charge in [-0.25, -0.2) is 9.48 Å². The monoisotopic (exact) mass is 324 g/mol. The highest BCUT2D eigenvalue weighted by atomic mass is 19.4. The van der Waals surface area contributed by atoms with Crippen LogP contribution < -0.4 is 5.32 Å². The second-order valence-electron chi connectivity index (χ2n) is 4.53. The van der Waals surface area contributed by atoms with Crippen LogP contribution in [-0.4, -0.2) is 44.3 Å². The van der Waals surface area contributed by atoms with Crippen LogP contribution in [-0.2, 0) is 34.0 Å². The van der Waals surface area contributed by atoms with Crippen LogP contribution in [0.4, 0.5) is 13.2 Å². The summed E-state index contributed by atoms with van der Waals surface area (Å²) in [6.07, 6.45) is -5.08. The van der Waals surface area contributed by atoms with E-state index in [4.69, 9.17) is 14.6 Å². The third-order valence-corrected chi connectivity index (χ3v) is 2.64. The van der Waals surface area contributed by atoms with Crippen molar-refractivity contribution in [3.8, 4) is 0 Å². The molecule has 2 rings (SSSR count). The Bertz CT molecular complexity index is 544. The minimum atomic E-state index is -5.08. The molecule has 1 aliphatic rings. The standard InChI is InChI=1S/C9H14N4O2.C2HF3O2/c1-6-4-13-9(3-10-6)8(11-12-13)5-15-7(2)14;3-2(4,5)1(6)7/h6,10H,3-5H2,1-2H3;(H,6,7)/t6-;/m0./s1. The summed E-state index contributed by atoms with van der Waals surface area (Å²) in [5, 5.41) is 18.5. The van der Waals surface area contributed by atoms with Gasteiger partial charge in [0.1, 0.15) is 12.3 Å². The van der Waals surface area contributed by atoms with Gasteiger partial charge in [0.2, 0.25) is 0 Å². The molecule has 0 saturated heterocycles. The fraction of sp³-hybridized carbons (Fsp3) is 0.636. The van der Waals surface area contributed by atoms with Crippen molar-refractivity contribution in [2.24, 2.45) is 0 Å². The van der Waals surface area contributed by atoms with Crippen LogP contribution in [0.1, 0.15) is 25.2 Å². The number of alkyl halides is 3. The van der Waals surface area contributed by atoms with E-state index in [1.165, 1.54) is 6.92 Å². The van der Waals surface area contributed by atoms with Gasteiger partial charge in [0.05, 0.1) is 12.2 Å². The van der Waals surface area contributed by atoms with Gasteiger partial charge in [-0.2, -0.15) is 13.2 Å². The average Bonchev–Trinajstić information content (AvgIpc) is 2.78. The number of carboxylic acid groups (broad SMARTS) is 1. The Balaban J connectivity index is 0.000000295. The molecule has 0 radical (unpaired) electrons. The van der Waals surface area contributed by atoms with Gasteiger partial charge in [-0.1, -0.05) is 5.21 Å². The van der Waals surface area contributed by atoms with E-state index >= 15 is 0 Å². The molecule has 1 aromatic rings. The number of hydrogen-bond donors (Lipinski definition) is 2. The summed E-state index contributed by atoms with van der Waals surface area (Å²) in [6.45, 7) is 5.22. The molecule has 11 heteroatoms. The number of fused-ring (bicyclic) bond motifs is 1. The minimum Gasteiger partial charge on any atom is -0.475 e. The summed E-state index contributed by atoms with van der Waals surface area (Å²) in [5.74, 6) is -3.05. The fourth-order valence-electron chi connectivity index (χ4n) is 1.59. The van der Waals surface area contributed by atoms with E-state index in [1.807, 2.05) is 4.68 Å². The molecular formula is C11H15F3N4O4. The van der Waals surface area contributed by atoms with E-state index in [2.05, 4.69) is 22.6 Å². The lowest BCUT2D eigenvalue weighted by Gasteiger charge is -2.21. The number of hydrogen-bond acceptors (Lipinski definition) is 6. The number of carbonyl (C=O) groups is 2. The van der Waals surface area contributed by atoms with Crippen LogP contribution in [0.5, 0.6) is 0 Å². The summed E-state index contributed by atoms with van der Waals surface area (Å²) in [4.78, 5) is 19.6. The van der Waals surface area contributed by atoms with E-state index in [9.17, 15) is 18.0 Å². The van der Waals surface area contributed by atoms with Gasteiger partial charge in [-0.3, -0.25) is 4.79 Å². The van der Waals surface area contributed by atoms with Crippen molar-refractivity contribution in [1.82, 2.24) is 20.3 Å². The van der Waals surface area contributed by atoms with Gasteiger partial charge >= 0.3 is 18.1 Å². The number of carboxylic acids is 1. The van der Waals surface area contributed by atoms with Crippen molar-refractivity contribution in [3.05, 3.63) is 11.4 Å². The van der Waals surface area contributed by atoms with Gasteiger partial charge in [0.25, 0.3) is 0 Å². The summed E-state index contributed by atoms with van der Waals surface area (Å²) in [7, 11) is 0. The first-order valence-electron chi connectivity index (χ1n) is 6.19. The highest BCUT2D eigenvalue weighted by molar-refractivity contribution is 5.73. The van der Waals surface area contributed by atoms with E-state index in [0.29, 0.717) is 6.04 Å². The molecule has 0 fully saturated rings. The first-order valence-corrected chi connectivity index (χ1v) is 6.19. The summed E-state index contributed by atoms with van der Waals surface area (Å²) < 4.78 is 38.5. The second-order valence-corrected chi connectivity index (χ2v) is 4.53. The van der Waals surface area contributed by atoms with Crippen LogP contribution in [0.3, 0.4) is 0 Å². The molecule has 0 saturated carbocycles. The predicted molar refractivity (Wildman–Crippen MR) is 65.5 cm³/mol. The van der Waals surface area contributed by atoms with Gasteiger partial charge < -0.3 is 15.2 Å². The van der Waals surface area contributed by atoms with Gasteiger partial charge in [0, 0.05) is 19.5 Å². The molecule has 0 bridgehead atoms.